The monoisotopic (exact) mass is 1420 g/mol. The maximum absolute atomic E-state index is 11.6. The number of rotatable bonds is 17. The van der Waals surface area contributed by atoms with Gasteiger partial charge in [0.2, 0.25) is 0 Å². The van der Waals surface area contributed by atoms with E-state index in [2.05, 4.69) is 303 Å². The normalized spacial score (nSPS) is 12.2. The minimum absolute atomic E-state index is 0. The van der Waals surface area contributed by atoms with Crippen LogP contribution >= 0.6 is 15.9 Å². The second-order valence-corrected chi connectivity index (χ2v) is 35.2. The predicted octanol–water partition coefficient (Wildman–Crippen LogP) is 19.2. The number of carbonyl (C=O) groups excluding carboxylic acids is 3. The van der Waals surface area contributed by atoms with E-state index in [1.807, 2.05) is 6.92 Å². The van der Waals surface area contributed by atoms with Gasteiger partial charge in [0.15, 0.2) is 5.78 Å². The number of carboxylic acids is 1. The average Bonchev–Trinajstić information content (AvgIpc) is 1.65. The van der Waals surface area contributed by atoms with Crippen LogP contribution in [-0.4, -0.2) is 76.9 Å². The molecule has 99 heavy (non-hydrogen) atoms. The van der Waals surface area contributed by atoms with E-state index in [0.717, 1.165) is 44.2 Å². The summed E-state index contributed by atoms with van der Waals surface area (Å²) in [5, 5.41) is 24.1. The third kappa shape index (κ3) is 25.7. The molecule has 0 unspecified atom stereocenters. The number of hydrogen-bond donors (Lipinski definition) is 3. The number of alkyl halides is 1. The fourth-order valence-corrected chi connectivity index (χ4v) is 12.7. The van der Waals surface area contributed by atoms with Gasteiger partial charge in [-0.1, -0.05) is 245 Å². The number of aliphatic carboxylic acids is 1. The number of aliphatic hydroxyl groups excluding tert-OH is 1. The molecule has 0 fully saturated rings. The number of aromatic nitrogens is 4. The number of halogens is 1. The molecule has 0 aliphatic carbocycles. The molecule has 8 rings (SSSR count). The van der Waals surface area contributed by atoms with Gasteiger partial charge < -0.3 is 39.1 Å². The number of ether oxygens (including phenoxy) is 1. The van der Waals surface area contributed by atoms with E-state index in [1.165, 1.54) is 95.2 Å². The zero-order valence-electron chi connectivity index (χ0n) is 65.7. The number of benzene rings is 4. The maximum Gasteiger partial charge on any atom is 1.00 e. The van der Waals surface area contributed by atoms with Gasteiger partial charge in [0.25, 0.3) is 0 Å². The Balaban J connectivity index is 0.000000633. The van der Waals surface area contributed by atoms with E-state index in [9.17, 15) is 19.2 Å². The van der Waals surface area contributed by atoms with E-state index in [-0.39, 0.29) is 99.9 Å². The zero-order chi connectivity index (χ0) is 72.9. The first-order valence-electron chi connectivity index (χ1n) is 35.1. The Labute approximate surface area is 618 Å². The number of methoxy groups -OCH3 is 1. The molecule has 0 spiro atoms. The molecule has 546 valence electrons. The van der Waals surface area contributed by atoms with Crippen LogP contribution in [0.3, 0.4) is 0 Å². The van der Waals surface area contributed by atoms with Gasteiger partial charge in [-0.15, -0.1) is 0 Å². The van der Waals surface area contributed by atoms with Crippen molar-refractivity contribution in [2.24, 2.45) is 0 Å². The summed E-state index contributed by atoms with van der Waals surface area (Å²) in [7, 11) is 1.40. The number of hydrogen-bond acceptors (Lipinski definition) is 7. The Morgan fingerprint density at radius 2 is 0.737 bits per heavy atom. The molecule has 8 aromatic rings. The second kappa shape index (κ2) is 37.5. The van der Waals surface area contributed by atoms with Crippen molar-refractivity contribution >= 4 is 83.0 Å². The summed E-state index contributed by atoms with van der Waals surface area (Å²) >= 11 is 3.20. The van der Waals surface area contributed by atoms with Crippen molar-refractivity contribution in [2.75, 3.05) is 19.0 Å². The number of aryl methyl sites for hydroxylation is 3. The number of esters is 1. The molecule has 4 N–H and O–H groups in total. The Bertz CT molecular complexity index is 3750. The summed E-state index contributed by atoms with van der Waals surface area (Å²) < 4.78 is 11.3. The summed E-state index contributed by atoms with van der Waals surface area (Å²) in [5.74, 6) is -0.590. The van der Waals surface area contributed by atoms with Gasteiger partial charge >= 0.3 is 30.8 Å². The molecular formula is C85H130BrLiN4O8. The van der Waals surface area contributed by atoms with Crippen molar-refractivity contribution in [1.29, 1.82) is 0 Å². The molecule has 4 aromatic carbocycles. The van der Waals surface area contributed by atoms with Gasteiger partial charge in [-0.05, 0) is 138 Å². The molecule has 0 saturated carbocycles. The van der Waals surface area contributed by atoms with E-state index in [4.69, 9.17) is 10.2 Å². The van der Waals surface area contributed by atoms with Gasteiger partial charge in [-0.3, -0.25) is 19.2 Å². The third-order valence-electron chi connectivity index (χ3n) is 17.7. The van der Waals surface area contributed by atoms with Crippen LogP contribution in [0.5, 0.6) is 0 Å². The first-order chi connectivity index (χ1) is 44.1. The fraction of sp³-hybridized carbons (Fsp3) is 0.576. The largest absolute Gasteiger partial charge is 1.00 e. The third-order valence-corrected chi connectivity index (χ3v) is 18.3. The molecule has 0 radical (unpaired) electrons. The molecule has 14 heteroatoms. The van der Waals surface area contributed by atoms with Gasteiger partial charge in [0.1, 0.15) is 12.4 Å². The molecule has 0 aliphatic rings. The Hall–Kier alpha value is -5.68. The van der Waals surface area contributed by atoms with Crippen LogP contribution in [0, 0.1) is 0 Å². The SMILES string of the molecule is C.CC(C)(C)c1cccc2[nH]cc(C(C)(C)C)c12.CC(C)(C)c1cccc2c1c(C(C)(C)C)cn2CCCC(=O)CO.CC(C)(C)c1cccc2c1c(C(C)(C)C)cn2CCCC(=O)O.CCC(=O)CCCn1cc(C(C)(C)C)c2c(C(C)(C)C)cccc21.COC(=O)CCCBr.[Li+].[OH-]. The smallest absolute Gasteiger partial charge is 0.870 e. The average molecular weight is 1420 g/mol. The Morgan fingerprint density at radius 1 is 0.434 bits per heavy atom. The summed E-state index contributed by atoms with van der Waals surface area (Å²) in [6.07, 6.45) is 14.6. The van der Waals surface area contributed by atoms with E-state index in [0.29, 0.717) is 37.9 Å². The second-order valence-electron chi connectivity index (χ2n) is 34.4. The van der Waals surface area contributed by atoms with Crippen LogP contribution in [-0.2, 0) is 86.9 Å². The van der Waals surface area contributed by atoms with Crippen LogP contribution in [0.2, 0.25) is 0 Å². The van der Waals surface area contributed by atoms with Gasteiger partial charge in [-0.2, -0.15) is 0 Å². The topological polar surface area (TPSA) is 179 Å². The fourth-order valence-electron chi connectivity index (χ4n) is 12.5. The number of aromatic amines is 1. The van der Waals surface area contributed by atoms with Crippen molar-refractivity contribution in [3.05, 3.63) is 142 Å². The molecule has 0 aliphatic heterocycles. The molecule has 0 amide bonds. The van der Waals surface area contributed by atoms with Crippen LogP contribution in [0.1, 0.15) is 283 Å². The van der Waals surface area contributed by atoms with Crippen molar-refractivity contribution in [3.8, 4) is 0 Å². The molecule has 4 heterocycles. The summed E-state index contributed by atoms with van der Waals surface area (Å²) in [6.45, 7) is 58.4. The molecule has 0 bridgehead atoms. The van der Waals surface area contributed by atoms with E-state index in [1.54, 1.807) is 0 Å². The maximum atomic E-state index is 11.6. The van der Waals surface area contributed by atoms with Crippen LogP contribution < -0.4 is 18.9 Å². The van der Waals surface area contributed by atoms with E-state index >= 15 is 0 Å². The van der Waals surface area contributed by atoms with Gasteiger partial charge in [0.05, 0.1) is 7.11 Å². The zero-order valence-corrected chi connectivity index (χ0v) is 67.3. The van der Waals surface area contributed by atoms with E-state index < -0.39 is 5.97 Å². The molecular weight excluding hydrogens is 1290 g/mol. The Morgan fingerprint density at radius 3 is 1.02 bits per heavy atom. The minimum Gasteiger partial charge on any atom is -0.870 e. The summed E-state index contributed by atoms with van der Waals surface area (Å²) in [4.78, 5) is 47.5. The number of Topliss-reactive ketones (excluding diaryl/α,β-unsaturated/α-hetero) is 2. The van der Waals surface area contributed by atoms with Crippen LogP contribution in [0.15, 0.2) is 97.6 Å². The first-order valence-corrected chi connectivity index (χ1v) is 36.2. The van der Waals surface area contributed by atoms with Crippen molar-refractivity contribution < 1.29 is 58.5 Å². The van der Waals surface area contributed by atoms with Crippen LogP contribution in [0.25, 0.3) is 43.6 Å². The number of ketones is 2. The van der Waals surface area contributed by atoms with Gasteiger partial charge in [-0.25, -0.2) is 0 Å². The molecule has 0 atom stereocenters. The number of aliphatic hydroxyl groups is 1. The quantitative estimate of drug-likeness (QED) is 0.0458. The number of carbonyl (C=O) groups is 4. The number of H-pyrrole nitrogens is 1. The number of carboxylic acid groups (broad SMARTS) is 1. The number of fused-ring (bicyclic) bond motifs is 4. The molecule has 12 nitrogen and oxygen atoms in total. The molecule has 0 saturated heterocycles. The Kier molecular flexibility index (Phi) is 34.6. The van der Waals surface area contributed by atoms with Crippen LogP contribution in [0.4, 0.5) is 0 Å². The summed E-state index contributed by atoms with van der Waals surface area (Å²) in [6, 6.07) is 26.3. The van der Waals surface area contributed by atoms with Gasteiger partial charge in [0, 0.05) is 125 Å². The molecule has 4 aromatic heterocycles. The van der Waals surface area contributed by atoms with Crippen molar-refractivity contribution in [2.45, 2.75) is 301 Å². The number of nitrogens with one attached hydrogen (secondary N) is 1. The summed E-state index contributed by atoms with van der Waals surface area (Å²) in [5.41, 5.74) is 17.0. The first kappa shape index (κ1) is 91.3. The predicted molar refractivity (Wildman–Crippen MR) is 420 cm³/mol. The van der Waals surface area contributed by atoms with Crippen molar-refractivity contribution in [1.82, 2.24) is 18.7 Å². The number of nitrogens with zero attached hydrogens (tertiary/aromatic N) is 3. The van der Waals surface area contributed by atoms with Crippen molar-refractivity contribution in [3.63, 3.8) is 0 Å². The minimum atomic E-state index is -0.729. The standard InChI is InChI=1S/C22H33NO.C21H31NO2.C20H29NO2.C16H23N.C5H9BrO2.CH4.Li.H2O/c1-8-16(24)11-10-14-23-15-18(22(5,6)7)20-17(21(2,3)4)12-9-13-19(20)23;1-20(2,3)16-10-7-11-18-19(16)17(21(4,5)6)13-22(18)12-8-9-15(24)14-23;1-19(2,3)14-9-7-10-16-18(14)15(20(4,5)6)13-21(16)12-8-11-17(22)23;1-15(2,3)11-8-7-9-13-14(11)12(10-17-13)16(4,5)6;1-8-5(7)3-2-4-6;;;/h9,12-13,15H,8,10-11,14H2,1-7H3;7,10-11,13,23H,8-9,12,14H2,1-6H3;7,9-10,13H,8,11-12H2,1-6H3,(H,22,23);7-10,17H,1-6H3;2-4H2,1H3;1H4;;1H2/q;;;;;;+1;/p-1.